The Morgan fingerprint density at radius 2 is 2.20 bits per heavy atom. The van der Waals surface area contributed by atoms with Crippen LogP contribution < -0.4 is 0 Å². The predicted octanol–water partition coefficient (Wildman–Crippen LogP) is 2.45. The van der Waals surface area contributed by atoms with E-state index in [-0.39, 0.29) is 24.6 Å². The van der Waals surface area contributed by atoms with Crippen LogP contribution >= 0.6 is 0 Å². The second-order valence-corrected chi connectivity index (χ2v) is 4.78. The van der Waals surface area contributed by atoms with Crippen molar-refractivity contribution in [3.8, 4) is 0 Å². The molecule has 0 aliphatic rings. The fraction of sp³-hybridized carbons (Fsp3) is 0.357. The third kappa shape index (κ3) is 3.88. The second-order valence-electron chi connectivity index (χ2n) is 4.78. The van der Waals surface area contributed by atoms with E-state index in [0.717, 1.165) is 0 Å². The fourth-order valence-electron chi connectivity index (χ4n) is 1.93. The minimum Gasteiger partial charge on any atom is -0.481 e. The summed E-state index contributed by atoms with van der Waals surface area (Å²) in [5.74, 6) is -0.478. The van der Waals surface area contributed by atoms with E-state index in [9.17, 15) is 9.18 Å². The summed E-state index contributed by atoms with van der Waals surface area (Å²) in [4.78, 5) is 14.7. The van der Waals surface area contributed by atoms with Crippen molar-refractivity contribution in [1.82, 2.24) is 10.1 Å². The molecule has 1 N–H and O–H groups in total. The molecule has 5 nitrogen and oxygen atoms in total. The number of halogens is 1. The molecule has 0 radical (unpaired) electrons. The number of carboxylic acid groups (broad SMARTS) is 1. The number of hydrogen-bond donors (Lipinski definition) is 1. The van der Waals surface area contributed by atoms with Gasteiger partial charge in [-0.3, -0.25) is 4.79 Å². The van der Waals surface area contributed by atoms with Crippen molar-refractivity contribution in [3.05, 3.63) is 47.4 Å². The van der Waals surface area contributed by atoms with E-state index in [4.69, 9.17) is 9.63 Å². The number of carbonyl (C=O) groups is 1. The summed E-state index contributed by atoms with van der Waals surface area (Å²) >= 11 is 0. The number of aromatic nitrogens is 2. The number of carboxylic acids is 1. The first kappa shape index (κ1) is 14.2. The molecule has 1 atom stereocenters. The van der Waals surface area contributed by atoms with Crippen LogP contribution in [-0.4, -0.2) is 21.2 Å². The number of rotatable bonds is 6. The predicted molar refractivity (Wildman–Crippen MR) is 68.6 cm³/mol. The maximum Gasteiger partial charge on any atom is 0.303 e. The van der Waals surface area contributed by atoms with Crippen molar-refractivity contribution >= 4 is 5.97 Å². The lowest BCUT2D eigenvalue weighted by atomic mass is 10.0. The Labute approximate surface area is 115 Å². The highest BCUT2D eigenvalue weighted by molar-refractivity contribution is 5.66. The molecule has 1 aromatic heterocycles. The summed E-state index contributed by atoms with van der Waals surface area (Å²) in [6, 6.07) is 6.41. The first-order valence-corrected chi connectivity index (χ1v) is 6.31. The SMILES string of the molecule is CC(CC(=O)O)Cc1nc(Cc2ccccc2F)no1. The zero-order valence-corrected chi connectivity index (χ0v) is 11.0. The third-order valence-electron chi connectivity index (χ3n) is 2.86. The first-order valence-electron chi connectivity index (χ1n) is 6.31. The van der Waals surface area contributed by atoms with Crippen LogP contribution in [-0.2, 0) is 17.6 Å². The van der Waals surface area contributed by atoms with E-state index in [1.54, 1.807) is 25.1 Å². The number of benzene rings is 1. The molecule has 0 fully saturated rings. The average Bonchev–Trinajstić information content (AvgIpc) is 2.78. The van der Waals surface area contributed by atoms with Crippen LogP contribution in [0.5, 0.6) is 0 Å². The molecule has 0 aliphatic carbocycles. The molecule has 0 saturated heterocycles. The highest BCUT2D eigenvalue weighted by Crippen LogP contribution is 2.14. The van der Waals surface area contributed by atoms with Crippen molar-refractivity contribution in [1.29, 1.82) is 0 Å². The molecule has 6 heteroatoms. The second kappa shape index (κ2) is 6.27. The lowest BCUT2D eigenvalue weighted by molar-refractivity contribution is -0.137. The molecular formula is C14H15FN2O3. The minimum atomic E-state index is -0.858. The van der Waals surface area contributed by atoms with Gasteiger partial charge in [-0.25, -0.2) is 4.39 Å². The van der Waals surface area contributed by atoms with Gasteiger partial charge in [0.05, 0.1) is 0 Å². The molecular weight excluding hydrogens is 263 g/mol. The topological polar surface area (TPSA) is 76.2 Å². The van der Waals surface area contributed by atoms with Crippen LogP contribution in [0.4, 0.5) is 4.39 Å². The zero-order chi connectivity index (χ0) is 14.5. The van der Waals surface area contributed by atoms with Gasteiger partial charge in [-0.05, 0) is 17.5 Å². The number of aliphatic carboxylic acids is 1. The molecule has 0 aliphatic heterocycles. The Balaban J connectivity index is 1.99. The van der Waals surface area contributed by atoms with Crippen LogP contribution in [0.15, 0.2) is 28.8 Å². The maximum atomic E-state index is 13.5. The maximum absolute atomic E-state index is 13.5. The Kier molecular flexibility index (Phi) is 4.45. The Hall–Kier alpha value is -2.24. The Morgan fingerprint density at radius 3 is 2.90 bits per heavy atom. The molecule has 1 unspecified atom stereocenters. The van der Waals surface area contributed by atoms with E-state index in [1.165, 1.54) is 6.07 Å². The fourth-order valence-corrected chi connectivity index (χ4v) is 1.93. The van der Waals surface area contributed by atoms with Gasteiger partial charge in [0.15, 0.2) is 5.82 Å². The summed E-state index contributed by atoms with van der Waals surface area (Å²) in [6.07, 6.45) is 0.699. The van der Waals surface area contributed by atoms with Gasteiger partial charge in [-0.15, -0.1) is 0 Å². The molecule has 1 aromatic carbocycles. The van der Waals surface area contributed by atoms with E-state index < -0.39 is 5.97 Å². The molecule has 2 aromatic rings. The Bertz CT molecular complexity index is 598. The van der Waals surface area contributed by atoms with Gasteiger partial charge < -0.3 is 9.63 Å². The van der Waals surface area contributed by atoms with Gasteiger partial charge in [-0.1, -0.05) is 30.3 Å². The smallest absolute Gasteiger partial charge is 0.303 e. The van der Waals surface area contributed by atoms with Crippen LogP contribution in [0, 0.1) is 11.7 Å². The summed E-state index contributed by atoms with van der Waals surface area (Å²) in [7, 11) is 0. The van der Waals surface area contributed by atoms with Crippen LogP contribution in [0.2, 0.25) is 0 Å². The van der Waals surface area contributed by atoms with Gasteiger partial charge >= 0.3 is 5.97 Å². The molecule has 0 amide bonds. The van der Waals surface area contributed by atoms with E-state index in [0.29, 0.717) is 23.7 Å². The summed E-state index contributed by atoms with van der Waals surface area (Å²) in [5, 5.41) is 12.5. The van der Waals surface area contributed by atoms with Crippen molar-refractivity contribution in [2.45, 2.75) is 26.2 Å². The van der Waals surface area contributed by atoms with Crippen LogP contribution in [0.25, 0.3) is 0 Å². The van der Waals surface area contributed by atoms with E-state index in [1.807, 2.05) is 0 Å². The van der Waals surface area contributed by atoms with Gasteiger partial charge in [0.2, 0.25) is 5.89 Å². The van der Waals surface area contributed by atoms with Gasteiger partial charge in [0.1, 0.15) is 5.82 Å². The minimum absolute atomic E-state index is 0.0467. The van der Waals surface area contributed by atoms with Crippen molar-refractivity contribution in [2.24, 2.45) is 5.92 Å². The van der Waals surface area contributed by atoms with Gasteiger partial charge in [0.25, 0.3) is 0 Å². The van der Waals surface area contributed by atoms with Gasteiger partial charge in [-0.2, -0.15) is 4.98 Å². The van der Waals surface area contributed by atoms with Crippen molar-refractivity contribution in [3.63, 3.8) is 0 Å². The quantitative estimate of drug-likeness (QED) is 0.878. The third-order valence-corrected chi connectivity index (χ3v) is 2.86. The highest BCUT2D eigenvalue weighted by Gasteiger charge is 2.14. The summed E-state index contributed by atoms with van der Waals surface area (Å²) < 4.78 is 18.5. The monoisotopic (exact) mass is 278 g/mol. The molecule has 20 heavy (non-hydrogen) atoms. The van der Waals surface area contributed by atoms with Crippen molar-refractivity contribution < 1.29 is 18.8 Å². The molecule has 0 saturated carbocycles. The van der Waals surface area contributed by atoms with Gasteiger partial charge in [0, 0.05) is 19.3 Å². The van der Waals surface area contributed by atoms with E-state index in [2.05, 4.69) is 10.1 Å². The summed E-state index contributed by atoms with van der Waals surface area (Å²) in [6.45, 7) is 1.80. The standard InChI is InChI=1S/C14H15FN2O3/c1-9(7-14(18)19)6-13-16-12(17-20-13)8-10-4-2-3-5-11(10)15/h2-5,9H,6-8H2,1H3,(H,18,19). The van der Waals surface area contributed by atoms with Crippen molar-refractivity contribution in [2.75, 3.05) is 0 Å². The first-order chi connectivity index (χ1) is 9.54. The van der Waals surface area contributed by atoms with Crippen LogP contribution in [0.3, 0.4) is 0 Å². The Morgan fingerprint density at radius 1 is 1.45 bits per heavy atom. The molecule has 0 bridgehead atoms. The highest BCUT2D eigenvalue weighted by atomic mass is 19.1. The average molecular weight is 278 g/mol. The molecule has 106 valence electrons. The normalized spacial score (nSPS) is 12.3. The lowest BCUT2D eigenvalue weighted by Crippen LogP contribution is -2.07. The number of nitrogens with zero attached hydrogens (tertiary/aromatic N) is 2. The van der Waals surface area contributed by atoms with E-state index >= 15 is 0 Å². The molecule has 2 rings (SSSR count). The molecule has 0 spiro atoms. The largest absolute Gasteiger partial charge is 0.481 e. The summed E-state index contributed by atoms with van der Waals surface area (Å²) in [5.41, 5.74) is 0.499. The molecule has 1 heterocycles. The lowest BCUT2D eigenvalue weighted by Gasteiger charge is -2.03. The van der Waals surface area contributed by atoms with Crippen LogP contribution in [0.1, 0.15) is 30.6 Å². The number of hydrogen-bond acceptors (Lipinski definition) is 4. The zero-order valence-electron chi connectivity index (χ0n) is 11.0.